The molecular weight excluding hydrogens is 245 g/mol. The van der Waals surface area contributed by atoms with Crippen LogP contribution in [0.4, 0.5) is 10.1 Å². The maximum Gasteiger partial charge on any atom is 0.123 e. The lowest BCUT2D eigenvalue weighted by molar-refractivity contribution is -0.0828. The highest BCUT2D eigenvalue weighted by molar-refractivity contribution is 5.51. The number of hydrogen-bond donors (Lipinski definition) is 1. The fourth-order valence-electron chi connectivity index (χ4n) is 3.02. The van der Waals surface area contributed by atoms with E-state index in [9.17, 15) is 4.39 Å². The average molecular weight is 265 g/mol. The van der Waals surface area contributed by atoms with Crippen molar-refractivity contribution in [2.45, 2.75) is 37.8 Å². The third-order valence-electron chi connectivity index (χ3n) is 4.11. The van der Waals surface area contributed by atoms with Crippen molar-refractivity contribution in [1.82, 2.24) is 0 Å². The first-order chi connectivity index (χ1) is 9.17. The third-order valence-corrected chi connectivity index (χ3v) is 4.11. The van der Waals surface area contributed by atoms with Crippen molar-refractivity contribution in [3.05, 3.63) is 29.6 Å². The second-order valence-corrected chi connectivity index (χ2v) is 5.63. The van der Waals surface area contributed by atoms with Gasteiger partial charge >= 0.3 is 0 Å². The van der Waals surface area contributed by atoms with Gasteiger partial charge in [0.2, 0.25) is 0 Å². The molecule has 0 saturated carbocycles. The van der Waals surface area contributed by atoms with Crippen molar-refractivity contribution in [3.63, 3.8) is 0 Å². The number of ether oxygens (including phenoxy) is 2. The fraction of sp³-hybridized carbons (Fsp3) is 0.600. The van der Waals surface area contributed by atoms with Gasteiger partial charge in [0.05, 0.1) is 12.2 Å². The predicted molar refractivity (Wildman–Crippen MR) is 71.9 cm³/mol. The second kappa shape index (κ2) is 5.10. The molecule has 0 radical (unpaired) electrons. The summed E-state index contributed by atoms with van der Waals surface area (Å²) in [5, 5.41) is 3.53. The largest absolute Gasteiger partial charge is 0.382 e. The molecule has 0 aliphatic carbocycles. The topological polar surface area (TPSA) is 30.5 Å². The number of benzene rings is 1. The molecule has 1 aromatic rings. The molecule has 2 heterocycles. The van der Waals surface area contributed by atoms with E-state index in [1.165, 1.54) is 6.07 Å². The van der Waals surface area contributed by atoms with E-state index in [1.807, 2.05) is 13.0 Å². The summed E-state index contributed by atoms with van der Waals surface area (Å²) >= 11 is 0. The molecule has 1 N–H and O–H groups in total. The molecule has 2 aliphatic rings. The van der Waals surface area contributed by atoms with E-state index in [1.54, 1.807) is 6.07 Å². The zero-order valence-corrected chi connectivity index (χ0v) is 11.2. The highest BCUT2D eigenvalue weighted by atomic mass is 19.1. The van der Waals surface area contributed by atoms with Crippen LogP contribution < -0.4 is 5.32 Å². The van der Waals surface area contributed by atoms with Crippen LogP contribution in [0, 0.1) is 12.7 Å². The van der Waals surface area contributed by atoms with Gasteiger partial charge < -0.3 is 14.8 Å². The summed E-state index contributed by atoms with van der Waals surface area (Å²) in [7, 11) is 0. The van der Waals surface area contributed by atoms with E-state index in [-0.39, 0.29) is 11.4 Å². The molecular formula is C15H20FNO2. The van der Waals surface area contributed by atoms with Gasteiger partial charge in [0.1, 0.15) is 5.82 Å². The Morgan fingerprint density at radius 2 is 2.26 bits per heavy atom. The van der Waals surface area contributed by atoms with Crippen LogP contribution in [0.1, 0.15) is 24.8 Å². The number of hydrogen-bond acceptors (Lipinski definition) is 3. The van der Waals surface area contributed by atoms with Crippen molar-refractivity contribution in [2.24, 2.45) is 0 Å². The fourth-order valence-corrected chi connectivity index (χ4v) is 3.02. The van der Waals surface area contributed by atoms with E-state index >= 15 is 0 Å². The summed E-state index contributed by atoms with van der Waals surface area (Å²) in [5.74, 6) is -0.185. The Morgan fingerprint density at radius 1 is 1.37 bits per heavy atom. The van der Waals surface area contributed by atoms with Crippen molar-refractivity contribution < 1.29 is 13.9 Å². The molecule has 0 bridgehead atoms. The van der Waals surface area contributed by atoms with Gasteiger partial charge in [-0.2, -0.15) is 0 Å². The molecule has 2 saturated heterocycles. The number of nitrogens with one attached hydrogen (secondary N) is 1. The van der Waals surface area contributed by atoms with Gasteiger partial charge in [0.25, 0.3) is 0 Å². The molecule has 2 fully saturated rings. The standard InChI is InChI=1S/C15H20FNO2/c1-11-8-12(16)2-3-14(11)17-13-4-6-19-15(9-13)5-7-18-10-15/h2-3,8,13,17H,4-7,9-10H2,1H3. The molecule has 2 atom stereocenters. The van der Waals surface area contributed by atoms with E-state index in [2.05, 4.69) is 5.32 Å². The summed E-state index contributed by atoms with van der Waals surface area (Å²) in [6, 6.07) is 5.26. The van der Waals surface area contributed by atoms with E-state index in [0.29, 0.717) is 12.6 Å². The third kappa shape index (κ3) is 2.74. The van der Waals surface area contributed by atoms with Crippen molar-refractivity contribution in [2.75, 3.05) is 25.1 Å². The highest BCUT2D eigenvalue weighted by Gasteiger charge is 2.41. The van der Waals surface area contributed by atoms with Crippen LogP contribution in [0.5, 0.6) is 0 Å². The first-order valence-electron chi connectivity index (χ1n) is 6.91. The lowest BCUT2D eigenvalue weighted by Gasteiger charge is -2.38. The Hall–Kier alpha value is -1.13. The van der Waals surface area contributed by atoms with Gasteiger partial charge in [0.15, 0.2) is 0 Å². The van der Waals surface area contributed by atoms with Crippen LogP contribution in [0.25, 0.3) is 0 Å². The summed E-state index contributed by atoms with van der Waals surface area (Å²) < 4.78 is 24.5. The molecule has 2 unspecified atom stereocenters. The Morgan fingerprint density at radius 3 is 3.00 bits per heavy atom. The Labute approximate surface area is 113 Å². The minimum absolute atomic E-state index is 0.0934. The number of halogens is 1. The van der Waals surface area contributed by atoms with Crippen LogP contribution in [0.2, 0.25) is 0 Å². The minimum atomic E-state index is -0.185. The van der Waals surface area contributed by atoms with Crippen LogP contribution in [0.3, 0.4) is 0 Å². The predicted octanol–water partition coefficient (Wildman–Crippen LogP) is 2.88. The van der Waals surface area contributed by atoms with Gasteiger partial charge in [-0.1, -0.05) is 0 Å². The summed E-state index contributed by atoms with van der Waals surface area (Å²) in [6.07, 6.45) is 2.93. The van der Waals surface area contributed by atoms with Crippen LogP contribution in [0.15, 0.2) is 18.2 Å². The van der Waals surface area contributed by atoms with Gasteiger partial charge in [-0.05, 0) is 43.5 Å². The average Bonchev–Trinajstić information content (AvgIpc) is 2.81. The van der Waals surface area contributed by atoms with E-state index in [4.69, 9.17) is 9.47 Å². The van der Waals surface area contributed by atoms with Crippen molar-refractivity contribution in [3.8, 4) is 0 Å². The quantitative estimate of drug-likeness (QED) is 0.892. The van der Waals surface area contributed by atoms with Gasteiger partial charge in [-0.15, -0.1) is 0 Å². The van der Waals surface area contributed by atoms with Gasteiger partial charge in [0, 0.05) is 31.4 Å². The Balaban J connectivity index is 1.69. The molecule has 0 aromatic heterocycles. The Bertz CT molecular complexity index is 457. The monoisotopic (exact) mass is 265 g/mol. The molecule has 0 amide bonds. The van der Waals surface area contributed by atoms with Crippen molar-refractivity contribution >= 4 is 5.69 Å². The number of anilines is 1. The molecule has 3 rings (SSSR count). The maximum atomic E-state index is 13.1. The molecule has 2 aliphatic heterocycles. The number of rotatable bonds is 2. The second-order valence-electron chi connectivity index (χ2n) is 5.63. The maximum absolute atomic E-state index is 13.1. The lowest BCUT2D eigenvalue weighted by Crippen LogP contribution is -2.45. The Kier molecular flexibility index (Phi) is 3.46. The van der Waals surface area contributed by atoms with E-state index < -0.39 is 0 Å². The van der Waals surface area contributed by atoms with Crippen molar-refractivity contribution in [1.29, 1.82) is 0 Å². The molecule has 19 heavy (non-hydrogen) atoms. The first-order valence-corrected chi connectivity index (χ1v) is 6.91. The van der Waals surface area contributed by atoms with Crippen LogP contribution in [-0.4, -0.2) is 31.5 Å². The molecule has 1 spiro atoms. The summed E-state index contributed by atoms with van der Waals surface area (Å²) in [6.45, 7) is 4.19. The van der Waals surface area contributed by atoms with Gasteiger partial charge in [-0.3, -0.25) is 0 Å². The molecule has 4 heteroatoms. The first kappa shape index (κ1) is 12.9. The minimum Gasteiger partial charge on any atom is -0.382 e. The normalized spacial score (nSPS) is 30.7. The zero-order chi connectivity index (χ0) is 13.3. The number of aryl methyl sites for hydroxylation is 1. The SMILES string of the molecule is Cc1cc(F)ccc1NC1CCOC2(CCOC2)C1. The van der Waals surface area contributed by atoms with Crippen LogP contribution in [-0.2, 0) is 9.47 Å². The summed E-state index contributed by atoms with van der Waals surface area (Å²) in [4.78, 5) is 0. The van der Waals surface area contributed by atoms with Crippen LogP contribution >= 0.6 is 0 Å². The van der Waals surface area contributed by atoms with E-state index in [0.717, 1.165) is 43.7 Å². The lowest BCUT2D eigenvalue weighted by atomic mass is 9.89. The smallest absolute Gasteiger partial charge is 0.123 e. The zero-order valence-electron chi connectivity index (χ0n) is 11.2. The molecule has 1 aromatic carbocycles. The van der Waals surface area contributed by atoms with Gasteiger partial charge in [-0.25, -0.2) is 4.39 Å². The highest BCUT2D eigenvalue weighted by Crippen LogP contribution is 2.34. The summed E-state index contributed by atoms with van der Waals surface area (Å²) in [5.41, 5.74) is 1.87. The molecule has 3 nitrogen and oxygen atoms in total. The molecule has 104 valence electrons.